The average molecular weight is 912 g/mol. The third kappa shape index (κ3) is 45.5. The summed E-state index contributed by atoms with van der Waals surface area (Å²) in [4.78, 5) is 0. The van der Waals surface area contributed by atoms with Crippen LogP contribution in [0.15, 0.2) is 0 Å². The number of rotatable bonds is 55. The molecule has 0 aromatic heterocycles. The van der Waals surface area contributed by atoms with Crippen LogP contribution >= 0.6 is 0 Å². The average Bonchev–Trinajstić information content (AvgIpc) is 3.27. The van der Waals surface area contributed by atoms with Crippen molar-refractivity contribution in [2.75, 3.05) is 79.8 Å². The summed E-state index contributed by atoms with van der Waals surface area (Å²) in [6, 6.07) is 0. The van der Waals surface area contributed by atoms with Crippen LogP contribution in [0, 0.1) is 0 Å². The number of aliphatic hydroxyl groups excluding tert-OH is 2. The van der Waals surface area contributed by atoms with Crippen molar-refractivity contribution in [2.24, 2.45) is 0 Å². The SMILES string of the molecule is CCCCCCCCCCCC[N+](C)(CCCCCCCCCCCC)CC(O)COCCOCC(O)C[N+](C)(CCCCCCCCCCCC)CCCCCCCCCCCC. The van der Waals surface area contributed by atoms with Crippen LogP contribution < -0.4 is 0 Å². The van der Waals surface area contributed by atoms with Crippen LogP contribution in [-0.2, 0) is 9.47 Å². The molecule has 0 spiro atoms. The first-order valence-corrected chi connectivity index (χ1v) is 29.4. The van der Waals surface area contributed by atoms with Gasteiger partial charge in [0.2, 0.25) is 0 Å². The van der Waals surface area contributed by atoms with E-state index in [0.717, 1.165) is 48.2 Å². The number of aliphatic hydroxyl groups is 2. The fourth-order valence-corrected chi connectivity index (χ4v) is 10.2. The lowest BCUT2D eigenvalue weighted by Gasteiger charge is -2.36. The van der Waals surface area contributed by atoms with Crippen LogP contribution in [0.1, 0.15) is 285 Å². The highest BCUT2D eigenvalue weighted by atomic mass is 16.5. The van der Waals surface area contributed by atoms with E-state index in [0.29, 0.717) is 26.4 Å². The van der Waals surface area contributed by atoms with Gasteiger partial charge in [0, 0.05) is 0 Å². The zero-order chi connectivity index (χ0) is 46.9. The van der Waals surface area contributed by atoms with E-state index in [1.54, 1.807) is 0 Å². The zero-order valence-corrected chi connectivity index (χ0v) is 45.1. The number of likely N-dealkylation sites (N-methyl/N-ethyl adjacent to an activating group) is 2. The molecule has 0 radical (unpaired) electrons. The topological polar surface area (TPSA) is 58.9 Å². The number of hydrogen-bond acceptors (Lipinski definition) is 4. The predicted molar refractivity (Wildman–Crippen MR) is 283 cm³/mol. The molecule has 0 aliphatic rings. The molecule has 0 saturated carbocycles. The monoisotopic (exact) mass is 911 g/mol. The van der Waals surface area contributed by atoms with Crippen LogP contribution in [0.25, 0.3) is 0 Å². The zero-order valence-electron chi connectivity index (χ0n) is 45.1. The first-order chi connectivity index (χ1) is 31.2. The molecular weight excluding hydrogens is 789 g/mol. The molecule has 0 aliphatic heterocycles. The maximum atomic E-state index is 11.2. The van der Waals surface area contributed by atoms with Crippen LogP contribution in [0.4, 0.5) is 0 Å². The Labute approximate surface area is 403 Å². The Balaban J connectivity index is 4.74. The number of quaternary nitrogens is 2. The van der Waals surface area contributed by atoms with Gasteiger partial charge < -0.3 is 28.7 Å². The maximum absolute atomic E-state index is 11.2. The molecular formula is C58H122N2O4+2. The van der Waals surface area contributed by atoms with E-state index < -0.39 is 12.2 Å². The normalized spacial score (nSPS) is 13.3. The minimum atomic E-state index is -0.462. The molecule has 0 aliphatic carbocycles. The molecule has 0 amide bonds. The number of unbranched alkanes of at least 4 members (excludes halogenated alkanes) is 36. The highest BCUT2D eigenvalue weighted by Gasteiger charge is 2.26. The predicted octanol–water partition coefficient (Wildman–Crippen LogP) is 16.3. The van der Waals surface area contributed by atoms with E-state index in [1.807, 2.05) is 0 Å². The Morgan fingerprint density at radius 2 is 0.453 bits per heavy atom. The lowest BCUT2D eigenvalue weighted by Crippen LogP contribution is -2.51. The molecule has 0 aromatic carbocycles. The molecule has 0 heterocycles. The summed E-state index contributed by atoms with van der Waals surface area (Å²) >= 11 is 0. The van der Waals surface area contributed by atoms with Crippen LogP contribution in [0.5, 0.6) is 0 Å². The molecule has 64 heavy (non-hydrogen) atoms. The number of ether oxygens (including phenoxy) is 2. The van der Waals surface area contributed by atoms with Crippen molar-refractivity contribution < 1.29 is 28.7 Å². The van der Waals surface area contributed by atoms with Crippen LogP contribution in [-0.4, -0.2) is 111 Å². The lowest BCUT2D eigenvalue weighted by molar-refractivity contribution is -0.913. The largest absolute Gasteiger partial charge is 0.385 e. The van der Waals surface area contributed by atoms with E-state index in [-0.39, 0.29) is 0 Å². The van der Waals surface area contributed by atoms with Gasteiger partial charge in [0.1, 0.15) is 25.3 Å². The summed E-state index contributed by atoms with van der Waals surface area (Å²) in [5, 5.41) is 22.4. The van der Waals surface area contributed by atoms with Gasteiger partial charge in [-0.25, -0.2) is 0 Å². The Morgan fingerprint density at radius 1 is 0.281 bits per heavy atom. The Kier molecular flexibility index (Phi) is 49.0. The summed E-state index contributed by atoms with van der Waals surface area (Å²) in [7, 11) is 4.77. The van der Waals surface area contributed by atoms with E-state index >= 15 is 0 Å². The number of hydrogen-bond donors (Lipinski definition) is 2. The van der Waals surface area contributed by atoms with Crippen molar-refractivity contribution in [3.8, 4) is 0 Å². The van der Waals surface area contributed by atoms with Gasteiger partial charge in [0.15, 0.2) is 0 Å². The molecule has 386 valence electrons. The minimum Gasteiger partial charge on any atom is -0.385 e. The molecule has 0 fully saturated rings. The Bertz CT molecular complexity index is 770. The van der Waals surface area contributed by atoms with Crippen molar-refractivity contribution in [1.82, 2.24) is 0 Å². The third-order valence-corrected chi connectivity index (χ3v) is 14.5. The quantitative estimate of drug-likeness (QED) is 0.0472. The van der Waals surface area contributed by atoms with Gasteiger partial charge in [-0.1, -0.05) is 233 Å². The maximum Gasteiger partial charge on any atom is 0.126 e. The molecule has 2 unspecified atom stereocenters. The van der Waals surface area contributed by atoms with Crippen molar-refractivity contribution in [2.45, 2.75) is 297 Å². The van der Waals surface area contributed by atoms with E-state index in [1.165, 1.54) is 257 Å². The molecule has 0 rings (SSSR count). The van der Waals surface area contributed by atoms with E-state index in [9.17, 15) is 10.2 Å². The summed E-state index contributed by atoms with van der Waals surface area (Å²) in [6.07, 6.45) is 53.6. The highest BCUT2D eigenvalue weighted by Crippen LogP contribution is 2.19. The summed E-state index contributed by atoms with van der Waals surface area (Å²) < 4.78 is 13.9. The van der Waals surface area contributed by atoms with Gasteiger partial charge >= 0.3 is 0 Å². The summed E-state index contributed by atoms with van der Waals surface area (Å²) in [5.41, 5.74) is 0. The minimum absolute atomic E-state index is 0.364. The molecule has 2 atom stereocenters. The standard InChI is InChI=1S/C58H122N2O4/c1-7-11-15-19-23-27-31-35-39-43-47-59(5,48-44-40-36-32-28-24-20-16-12-8-2)53-57(61)55-63-51-52-64-56-58(62)54-60(6,49-45-41-37-33-29-25-21-17-13-9-3)50-46-42-38-34-30-26-22-18-14-10-4/h57-58,61-62H,7-56H2,1-6H3/q+2. The fraction of sp³-hybridized carbons (Fsp3) is 1.00. The molecule has 0 aromatic rings. The van der Waals surface area contributed by atoms with E-state index in [4.69, 9.17) is 9.47 Å². The van der Waals surface area contributed by atoms with Crippen molar-refractivity contribution in [3.63, 3.8) is 0 Å². The summed E-state index contributed by atoms with van der Waals surface area (Å²) in [5.74, 6) is 0. The van der Waals surface area contributed by atoms with Gasteiger partial charge in [-0.3, -0.25) is 0 Å². The summed E-state index contributed by atoms with van der Waals surface area (Å²) in [6.45, 7) is 17.0. The first kappa shape index (κ1) is 63.8. The second-order valence-electron chi connectivity index (χ2n) is 21.7. The van der Waals surface area contributed by atoms with Crippen molar-refractivity contribution in [1.29, 1.82) is 0 Å². The molecule has 6 heteroatoms. The molecule has 6 nitrogen and oxygen atoms in total. The van der Waals surface area contributed by atoms with Gasteiger partial charge in [-0.05, 0) is 51.4 Å². The number of nitrogens with zero attached hydrogens (tertiary/aromatic N) is 2. The van der Waals surface area contributed by atoms with Gasteiger partial charge in [-0.15, -0.1) is 0 Å². The molecule has 2 N–H and O–H groups in total. The molecule has 0 saturated heterocycles. The van der Waals surface area contributed by atoms with Crippen molar-refractivity contribution in [3.05, 3.63) is 0 Å². The second kappa shape index (κ2) is 49.2. The van der Waals surface area contributed by atoms with Crippen LogP contribution in [0.3, 0.4) is 0 Å². The Hall–Kier alpha value is -0.240. The van der Waals surface area contributed by atoms with Gasteiger partial charge in [0.05, 0.1) is 66.7 Å². The van der Waals surface area contributed by atoms with Gasteiger partial charge in [-0.2, -0.15) is 0 Å². The third-order valence-electron chi connectivity index (χ3n) is 14.5. The fourth-order valence-electron chi connectivity index (χ4n) is 10.2. The van der Waals surface area contributed by atoms with Crippen LogP contribution in [0.2, 0.25) is 0 Å². The first-order valence-electron chi connectivity index (χ1n) is 29.4. The van der Waals surface area contributed by atoms with E-state index in [2.05, 4.69) is 41.8 Å². The second-order valence-corrected chi connectivity index (χ2v) is 21.7. The Morgan fingerprint density at radius 3 is 0.641 bits per heavy atom. The lowest BCUT2D eigenvalue weighted by atomic mass is 10.1. The van der Waals surface area contributed by atoms with Crippen molar-refractivity contribution >= 4 is 0 Å². The smallest absolute Gasteiger partial charge is 0.126 e. The van der Waals surface area contributed by atoms with Gasteiger partial charge in [0.25, 0.3) is 0 Å². The highest BCUT2D eigenvalue weighted by molar-refractivity contribution is 4.59. The molecule has 0 bridgehead atoms.